The number of nitrogens with one attached hydrogen (secondary N) is 1. The van der Waals surface area contributed by atoms with Crippen LogP contribution < -0.4 is 5.32 Å². The number of rotatable bonds is 2. The van der Waals surface area contributed by atoms with Crippen molar-refractivity contribution in [1.29, 1.82) is 0 Å². The van der Waals surface area contributed by atoms with E-state index in [1.165, 1.54) is 31.4 Å². The van der Waals surface area contributed by atoms with Crippen LogP contribution in [0.15, 0.2) is 11.6 Å². The van der Waals surface area contributed by atoms with E-state index in [4.69, 9.17) is 0 Å². The average Bonchev–Trinajstić information content (AvgIpc) is 2.40. The quantitative estimate of drug-likeness (QED) is 0.578. The molecule has 1 rings (SSSR count). The molecular formula is C9H17N. The van der Waals surface area contributed by atoms with Gasteiger partial charge >= 0.3 is 0 Å². The van der Waals surface area contributed by atoms with Gasteiger partial charge in [0.1, 0.15) is 0 Å². The maximum Gasteiger partial charge on any atom is 0.0252 e. The van der Waals surface area contributed by atoms with Crippen LogP contribution in [0.25, 0.3) is 0 Å². The molecule has 0 amide bonds. The van der Waals surface area contributed by atoms with Crippen LogP contribution in [0.5, 0.6) is 0 Å². The molecule has 1 fully saturated rings. The lowest BCUT2D eigenvalue weighted by Crippen LogP contribution is -2.18. The summed E-state index contributed by atoms with van der Waals surface area (Å²) in [6.07, 6.45) is 6.24. The van der Waals surface area contributed by atoms with Crippen LogP contribution in [-0.4, -0.2) is 12.6 Å². The smallest absolute Gasteiger partial charge is 0.0252 e. The lowest BCUT2D eigenvalue weighted by molar-refractivity contribution is 0.719. The van der Waals surface area contributed by atoms with Gasteiger partial charge in [-0.15, -0.1) is 0 Å². The van der Waals surface area contributed by atoms with E-state index in [0.717, 1.165) is 0 Å². The van der Waals surface area contributed by atoms with Crippen molar-refractivity contribution in [3.05, 3.63) is 11.6 Å². The molecule has 1 aliphatic rings. The third kappa shape index (κ3) is 2.14. The zero-order valence-electron chi connectivity index (χ0n) is 6.98. The molecule has 0 bridgehead atoms. The topological polar surface area (TPSA) is 12.0 Å². The molecule has 0 aromatic rings. The second kappa shape index (κ2) is 3.77. The van der Waals surface area contributed by atoms with Gasteiger partial charge in [-0.3, -0.25) is 0 Å². The van der Waals surface area contributed by atoms with Crippen LogP contribution in [0.4, 0.5) is 0 Å². The fraction of sp³-hybridized carbons (Fsp3) is 0.778. The minimum absolute atomic E-state index is 0.681. The summed E-state index contributed by atoms with van der Waals surface area (Å²) in [5.74, 6) is 0. The average molecular weight is 139 g/mol. The van der Waals surface area contributed by atoms with E-state index in [9.17, 15) is 0 Å². The van der Waals surface area contributed by atoms with Crippen LogP contribution in [0.1, 0.15) is 33.1 Å². The molecule has 0 aliphatic carbocycles. The van der Waals surface area contributed by atoms with E-state index >= 15 is 0 Å². The summed E-state index contributed by atoms with van der Waals surface area (Å²) < 4.78 is 0. The standard InChI is InChI=1S/C9H17N/c1-3-8(2)7-9-5-4-6-10-9/h7,9-10H,3-6H2,1-2H3/b8-7-. The van der Waals surface area contributed by atoms with E-state index in [1.807, 2.05) is 0 Å². The Morgan fingerprint density at radius 1 is 1.70 bits per heavy atom. The zero-order valence-corrected chi connectivity index (χ0v) is 6.98. The highest BCUT2D eigenvalue weighted by Crippen LogP contribution is 2.09. The Hall–Kier alpha value is -0.300. The fourth-order valence-corrected chi connectivity index (χ4v) is 1.32. The van der Waals surface area contributed by atoms with Gasteiger partial charge in [0, 0.05) is 6.04 Å². The number of hydrogen-bond acceptors (Lipinski definition) is 1. The van der Waals surface area contributed by atoms with Gasteiger partial charge in [0.15, 0.2) is 0 Å². The largest absolute Gasteiger partial charge is 0.311 e. The SMILES string of the molecule is CC/C(C)=C\C1CCCN1. The first kappa shape index (κ1) is 7.80. The van der Waals surface area contributed by atoms with Crippen LogP contribution in [0, 0.1) is 0 Å². The van der Waals surface area contributed by atoms with Crippen molar-refractivity contribution in [2.45, 2.75) is 39.2 Å². The van der Waals surface area contributed by atoms with Crippen molar-refractivity contribution in [3.8, 4) is 0 Å². The van der Waals surface area contributed by atoms with Crippen molar-refractivity contribution in [3.63, 3.8) is 0 Å². The third-order valence-corrected chi connectivity index (χ3v) is 2.14. The van der Waals surface area contributed by atoms with E-state index in [-0.39, 0.29) is 0 Å². The van der Waals surface area contributed by atoms with E-state index in [2.05, 4.69) is 25.2 Å². The van der Waals surface area contributed by atoms with Gasteiger partial charge in [-0.25, -0.2) is 0 Å². The van der Waals surface area contributed by atoms with Crippen LogP contribution >= 0.6 is 0 Å². The predicted molar refractivity (Wildman–Crippen MR) is 45.1 cm³/mol. The summed E-state index contributed by atoms with van der Waals surface area (Å²) in [6, 6.07) is 0.681. The van der Waals surface area contributed by atoms with Crippen molar-refractivity contribution in [1.82, 2.24) is 5.32 Å². The monoisotopic (exact) mass is 139 g/mol. The molecule has 0 aromatic heterocycles. The number of hydrogen-bond donors (Lipinski definition) is 1. The Kier molecular flexibility index (Phi) is 2.94. The summed E-state index contributed by atoms with van der Waals surface area (Å²) >= 11 is 0. The Balaban J connectivity index is 2.34. The fourth-order valence-electron chi connectivity index (χ4n) is 1.32. The van der Waals surface area contributed by atoms with Crippen LogP contribution in [-0.2, 0) is 0 Å². The summed E-state index contributed by atoms with van der Waals surface area (Å²) in [7, 11) is 0. The molecule has 10 heavy (non-hydrogen) atoms. The van der Waals surface area contributed by atoms with Crippen LogP contribution in [0.2, 0.25) is 0 Å². The molecule has 1 nitrogen and oxygen atoms in total. The third-order valence-electron chi connectivity index (χ3n) is 2.14. The first-order valence-corrected chi connectivity index (χ1v) is 4.23. The Morgan fingerprint density at radius 3 is 3.00 bits per heavy atom. The van der Waals surface area contributed by atoms with Gasteiger partial charge in [0.25, 0.3) is 0 Å². The highest BCUT2D eigenvalue weighted by atomic mass is 14.9. The van der Waals surface area contributed by atoms with Gasteiger partial charge in [-0.1, -0.05) is 18.6 Å². The van der Waals surface area contributed by atoms with Gasteiger partial charge in [-0.2, -0.15) is 0 Å². The summed E-state index contributed by atoms with van der Waals surface area (Å²) in [4.78, 5) is 0. The lowest BCUT2D eigenvalue weighted by atomic mass is 10.1. The van der Waals surface area contributed by atoms with E-state index < -0.39 is 0 Å². The molecule has 0 aromatic carbocycles. The molecule has 58 valence electrons. The highest BCUT2D eigenvalue weighted by Gasteiger charge is 2.10. The van der Waals surface area contributed by atoms with Crippen molar-refractivity contribution in [2.24, 2.45) is 0 Å². The Bertz CT molecular complexity index is 121. The molecule has 1 heterocycles. The number of allylic oxidation sites excluding steroid dienone is 1. The van der Waals surface area contributed by atoms with E-state index in [1.54, 1.807) is 0 Å². The maximum absolute atomic E-state index is 3.45. The molecule has 0 saturated carbocycles. The lowest BCUT2D eigenvalue weighted by Gasteiger charge is -2.04. The Morgan fingerprint density at radius 2 is 2.50 bits per heavy atom. The molecule has 0 radical (unpaired) electrons. The molecule has 1 aliphatic heterocycles. The van der Waals surface area contributed by atoms with Gasteiger partial charge < -0.3 is 5.32 Å². The summed E-state index contributed by atoms with van der Waals surface area (Å²) in [5.41, 5.74) is 1.51. The van der Waals surface area contributed by atoms with E-state index in [0.29, 0.717) is 6.04 Å². The van der Waals surface area contributed by atoms with Gasteiger partial charge in [0.05, 0.1) is 0 Å². The minimum Gasteiger partial charge on any atom is -0.311 e. The zero-order chi connectivity index (χ0) is 7.40. The molecule has 1 N–H and O–H groups in total. The molecular weight excluding hydrogens is 122 g/mol. The molecule has 1 unspecified atom stereocenters. The molecule has 1 saturated heterocycles. The maximum atomic E-state index is 3.45. The van der Waals surface area contributed by atoms with Crippen molar-refractivity contribution < 1.29 is 0 Å². The normalized spacial score (nSPS) is 27.4. The second-order valence-corrected chi connectivity index (χ2v) is 3.07. The molecule has 1 atom stereocenters. The van der Waals surface area contributed by atoms with Crippen molar-refractivity contribution in [2.75, 3.05) is 6.54 Å². The van der Waals surface area contributed by atoms with Crippen LogP contribution in [0.3, 0.4) is 0 Å². The van der Waals surface area contributed by atoms with Crippen molar-refractivity contribution >= 4 is 0 Å². The Labute approximate surface area is 63.5 Å². The summed E-state index contributed by atoms with van der Waals surface area (Å²) in [6.45, 7) is 5.62. The minimum atomic E-state index is 0.681. The molecule has 0 spiro atoms. The first-order valence-electron chi connectivity index (χ1n) is 4.23. The molecule has 1 heteroatoms. The second-order valence-electron chi connectivity index (χ2n) is 3.07. The predicted octanol–water partition coefficient (Wildman–Crippen LogP) is 2.09. The van der Waals surface area contributed by atoms with Gasteiger partial charge in [-0.05, 0) is 32.7 Å². The van der Waals surface area contributed by atoms with Gasteiger partial charge in [0.2, 0.25) is 0 Å². The summed E-state index contributed by atoms with van der Waals surface area (Å²) in [5, 5.41) is 3.45. The highest BCUT2D eigenvalue weighted by molar-refractivity contribution is 5.04. The first-order chi connectivity index (χ1) is 4.83.